The van der Waals surface area contributed by atoms with Gasteiger partial charge in [-0.15, -0.1) is 0 Å². The Hall–Kier alpha value is -3.10. The number of anilines is 1. The van der Waals surface area contributed by atoms with E-state index in [4.69, 9.17) is 30.8 Å². The van der Waals surface area contributed by atoms with Crippen LogP contribution in [0.1, 0.15) is 44.2 Å². The molecule has 3 aromatic rings. The van der Waals surface area contributed by atoms with E-state index in [2.05, 4.69) is 0 Å². The third-order valence-electron chi connectivity index (χ3n) is 7.11. The quantitative estimate of drug-likeness (QED) is 0.416. The average Bonchev–Trinajstić information content (AvgIpc) is 3.43. The summed E-state index contributed by atoms with van der Waals surface area (Å²) in [5, 5.41) is 1.09. The molecule has 2 aliphatic heterocycles. The third-order valence-corrected chi connectivity index (χ3v) is 8.36. The minimum Gasteiger partial charge on any atom is -0.493 e. The molecule has 7 nitrogen and oxygen atoms in total. The lowest BCUT2D eigenvalue weighted by Gasteiger charge is -2.35. The summed E-state index contributed by atoms with van der Waals surface area (Å²) in [6.45, 7) is 2.39. The van der Waals surface area contributed by atoms with Crippen LogP contribution in [0.3, 0.4) is 0 Å². The van der Waals surface area contributed by atoms with Crippen LogP contribution in [0.4, 0.5) is 5.13 Å². The molecule has 0 spiro atoms. The number of methoxy groups -OCH3 is 1. The molecule has 0 N–H and O–H groups in total. The van der Waals surface area contributed by atoms with Crippen LogP contribution in [0.25, 0.3) is 10.2 Å². The van der Waals surface area contributed by atoms with E-state index in [1.165, 1.54) is 11.3 Å². The van der Waals surface area contributed by atoms with Crippen molar-refractivity contribution in [3.8, 4) is 11.5 Å². The summed E-state index contributed by atoms with van der Waals surface area (Å²) in [5.74, 6) is 0.711. The van der Waals surface area contributed by atoms with Crippen LogP contribution in [-0.4, -0.2) is 36.5 Å². The van der Waals surface area contributed by atoms with E-state index < -0.39 is 6.04 Å². The molecule has 1 aliphatic carbocycles. The zero-order valence-electron chi connectivity index (χ0n) is 20.0. The normalized spacial score (nSPS) is 23.5. The number of carbonyl (C=O) groups excluding carboxylic acids is 2. The van der Waals surface area contributed by atoms with Crippen molar-refractivity contribution in [2.24, 2.45) is 5.92 Å². The van der Waals surface area contributed by atoms with Gasteiger partial charge in [0.05, 0.1) is 41.5 Å². The minimum absolute atomic E-state index is 0.00110. The molecule has 1 fully saturated rings. The maximum atomic E-state index is 13.9. The third kappa shape index (κ3) is 3.66. The smallest absolute Gasteiger partial charge is 0.296 e. The number of thiazole rings is 1. The molecule has 0 bridgehead atoms. The Morgan fingerprint density at radius 2 is 1.97 bits per heavy atom. The Labute approximate surface area is 217 Å². The van der Waals surface area contributed by atoms with Gasteiger partial charge in [-0.3, -0.25) is 14.5 Å². The fourth-order valence-corrected chi connectivity index (χ4v) is 6.74. The fourth-order valence-electron chi connectivity index (χ4n) is 5.48. The topological polar surface area (TPSA) is 78.0 Å². The van der Waals surface area contributed by atoms with Gasteiger partial charge in [0.25, 0.3) is 5.91 Å². The zero-order valence-corrected chi connectivity index (χ0v) is 21.5. The summed E-state index contributed by atoms with van der Waals surface area (Å²) in [7, 11) is 1.57. The molecular weight excluding hydrogens is 500 g/mol. The summed E-state index contributed by atoms with van der Waals surface area (Å²) >= 11 is 7.57. The number of nitrogens with zero attached hydrogens (tertiary/aromatic N) is 2. The highest BCUT2D eigenvalue weighted by Gasteiger charge is 2.53. The van der Waals surface area contributed by atoms with Gasteiger partial charge in [-0.05, 0) is 62.1 Å². The molecule has 3 atom stereocenters. The van der Waals surface area contributed by atoms with E-state index in [0.29, 0.717) is 33.8 Å². The molecule has 3 unspecified atom stereocenters. The maximum absolute atomic E-state index is 13.9. The highest BCUT2D eigenvalue weighted by Crippen LogP contribution is 2.50. The summed E-state index contributed by atoms with van der Waals surface area (Å²) in [6, 6.07) is 10.3. The molecule has 186 valence electrons. The van der Waals surface area contributed by atoms with E-state index in [-0.39, 0.29) is 29.5 Å². The van der Waals surface area contributed by atoms with Crippen molar-refractivity contribution in [1.29, 1.82) is 0 Å². The Kier molecular flexibility index (Phi) is 5.88. The van der Waals surface area contributed by atoms with Crippen LogP contribution >= 0.6 is 22.9 Å². The van der Waals surface area contributed by atoms with E-state index in [1.54, 1.807) is 18.1 Å². The summed E-state index contributed by atoms with van der Waals surface area (Å²) in [5.41, 5.74) is 1.88. The minimum atomic E-state index is -0.677. The van der Waals surface area contributed by atoms with E-state index in [0.717, 1.165) is 41.5 Å². The molecular formula is C27H25ClN2O5S. The first-order valence-electron chi connectivity index (χ1n) is 12.2. The first kappa shape index (κ1) is 23.3. The maximum Gasteiger partial charge on any atom is 0.296 e. The van der Waals surface area contributed by atoms with E-state index >= 15 is 0 Å². The largest absolute Gasteiger partial charge is 0.493 e. The van der Waals surface area contributed by atoms with Crippen LogP contribution < -0.4 is 14.4 Å². The average molecular weight is 525 g/mol. The standard InChI is InChI=1S/C27H25ClN2O5S/c1-3-34-19-11-8-14(12-20(19)33-2)23-22-24(31)16-6-4-5-7-18(16)35-25(22)26(32)30(23)27-29-17-10-9-15(28)13-21(17)36-27/h8-13,16,18,23H,3-7H2,1-2H3. The molecule has 3 aliphatic rings. The van der Waals surface area contributed by atoms with Gasteiger partial charge in [0.15, 0.2) is 28.2 Å². The Morgan fingerprint density at radius 3 is 2.78 bits per heavy atom. The highest BCUT2D eigenvalue weighted by molar-refractivity contribution is 7.22. The van der Waals surface area contributed by atoms with Gasteiger partial charge in [-0.2, -0.15) is 0 Å². The zero-order chi connectivity index (χ0) is 25.0. The second kappa shape index (κ2) is 9.09. The number of ether oxygens (including phenoxy) is 3. The van der Waals surface area contributed by atoms with Gasteiger partial charge in [-0.1, -0.05) is 35.4 Å². The number of aromatic nitrogens is 1. The number of rotatable bonds is 5. The first-order chi connectivity index (χ1) is 17.5. The van der Waals surface area contributed by atoms with Crippen molar-refractivity contribution in [2.45, 2.75) is 44.8 Å². The van der Waals surface area contributed by atoms with Crippen molar-refractivity contribution in [3.05, 3.63) is 58.3 Å². The fraction of sp³-hybridized carbons (Fsp3) is 0.370. The van der Waals surface area contributed by atoms with E-state index in [9.17, 15) is 9.59 Å². The number of benzene rings is 2. The molecule has 36 heavy (non-hydrogen) atoms. The van der Waals surface area contributed by atoms with Crippen LogP contribution in [0, 0.1) is 5.92 Å². The predicted octanol–water partition coefficient (Wildman–Crippen LogP) is 5.86. The SMILES string of the molecule is CCOc1ccc(C2C3=C(OC4CCCCC4C3=O)C(=O)N2c2nc3ccc(Cl)cc3s2)cc1OC. The lowest BCUT2D eigenvalue weighted by molar-refractivity contribution is -0.131. The monoisotopic (exact) mass is 524 g/mol. The van der Waals surface area contributed by atoms with Crippen molar-refractivity contribution < 1.29 is 23.8 Å². The molecule has 0 saturated heterocycles. The van der Waals surface area contributed by atoms with Gasteiger partial charge in [0.1, 0.15) is 6.10 Å². The Balaban J connectivity index is 1.51. The second-order valence-corrected chi connectivity index (χ2v) is 10.6. The molecule has 1 aromatic heterocycles. The summed E-state index contributed by atoms with van der Waals surface area (Å²) < 4.78 is 18.4. The van der Waals surface area contributed by atoms with Crippen LogP contribution in [0.5, 0.6) is 11.5 Å². The lowest BCUT2D eigenvalue weighted by atomic mass is 9.77. The van der Waals surface area contributed by atoms with Gasteiger partial charge >= 0.3 is 0 Å². The molecule has 1 amide bonds. The number of hydrogen-bond donors (Lipinski definition) is 0. The van der Waals surface area contributed by atoms with E-state index in [1.807, 2.05) is 37.3 Å². The van der Waals surface area contributed by atoms with Crippen molar-refractivity contribution in [3.63, 3.8) is 0 Å². The number of fused-ring (bicyclic) bond motifs is 2. The number of Topliss-reactive ketones (excluding diaryl/α,β-unsaturated/α-hetero) is 1. The Bertz CT molecular complexity index is 1420. The summed E-state index contributed by atoms with van der Waals surface area (Å²) in [6.07, 6.45) is 3.28. The van der Waals surface area contributed by atoms with Gasteiger partial charge in [0, 0.05) is 5.02 Å². The molecule has 3 heterocycles. The number of halogens is 1. The number of ketones is 1. The van der Waals surface area contributed by atoms with Crippen LogP contribution in [-0.2, 0) is 14.3 Å². The molecule has 0 radical (unpaired) electrons. The van der Waals surface area contributed by atoms with Crippen LogP contribution in [0.2, 0.25) is 5.02 Å². The summed E-state index contributed by atoms with van der Waals surface area (Å²) in [4.78, 5) is 34.1. The van der Waals surface area contributed by atoms with Gasteiger partial charge in [-0.25, -0.2) is 4.98 Å². The molecule has 9 heteroatoms. The molecule has 2 aromatic carbocycles. The first-order valence-corrected chi connectivity index (χ1v) is 13.3. The Morgan fingerprint density at radius 1 is 1.14 bits per heavy atom. The van der Waals surface area contributed by atoms with Crippen molar-refractivity contribution in [2.75, 3.05) is 18.6 Å². The van der Waals surface area contributed by atoms with Crippen LogP contribution in [0.15, 0.2) is 47.7 Å². The number of hydrogen-bond acceptors (Lipinski definition) is 7. The van der Waals surface area contributed by atoms with Crippen molar-refractivity contribution >= 4 is 50.0 Å². The molecule has 6 rings (SSSR count). The lowest BCUT2D eigenvalue weighted by Crippen LogP contribution is -2.39. The van der Waals surface area contributed by atoms with Crippen molar-refractivity contribution in [1.82, 2.24) is 4.98 Å². The predicted molar refractivity (Wildman–Crippen MR) is 138 cm³/mol. The van der Waals surface area contributed by atoms with Gasteiger partial charge < -0.3 is 14.2 Å². The van der Waals surface area contributed by atoms with Gasteiger partial charge in [0.2, 0.25) is 0 Å². The number of amides is 1. The molecule has 1 saturated carbocycles. The number of carbonyl (C=O) groups is 2. The second-order valence-electron chi connectivity index (χ2n) is 9.18. The highest BCUT2D eigenvalue weighted by atomic mass is 35.5.